The Labute approximate surface area is 183 Å². The van der Waals surface area contributed by atoms with Crippen molar-refractivity contribution in [2.45, 2.75) is 32.7 Å². The van der Waals surface area contributed by atoms with Gasteiger partial charge in [-0.15, -0.1) is 0 Å². The highest BCUT2D eigenvalue weighted by atomic mass is 16.5. The van der Waals surface area contributed by atoms with Crippen LogP contribution in [0.5, 0.6) is 17.2 Å². The van der Waals surface area contributed by atoms with Crippen molar-refractivity contribution in [3.63, 3.8) is 0 Å². The molecule has 0 radical (unpaired) electrons. The van der Waals surface area contributed by atoms with Gasteiger partial charge in [0.15, 0.2) is 17.2 Å². The van der Waals surface area contributed by atoms with Crippen LogP contribution >= 0.6 is 0 Å². The number of carbonyl (C=O) groups excluding carboxylic acids is 1. The average Bonchev–Trinajstić information content (AvgIpc) is 3.07. The molecule has 0 saturated carbocycles. The molecule has 2 aromatic carbocycles. The second-order valence-corrected chi connectivity index (χ2v) is 8.85. The summed E-state index contributed by atoms with van der Waals surface area (Å²) in [7, 11) is 1.64. The lowest BCUT2D eigenvalue weighted by Gasteiger charge is -2.28. The van der Waals surface area contributed by atoms with Gasteiger partial charge >= 0.3 is 6.03 Å². The number of hydrogen-bond donors (Lipinski definition) is 1. The molecule has 0 atom stereocenters. The topological polar surface area (TPSA) is 66.4 Å². The summed E-state index contributed by atoms with van der Waals surface area (Å²) in [6.45, 7) is 8.82. The number of methoxy groups -OCH3 is 1. The molecule has 164 valence electrons. The first-order chi connectivity index (χ1) is 14.9. The van der Waals surface area contributed by atoms with Crippen molar-refractivity contribution < 1.29 is 14.3 Å². The van der Waals surface area contributed by atoms with Gasteiger partial charge in [0, 0.05) is 31.7 Å². The van der Waals surface area contributed by atoms with E-state index in [0.717, 1.165) is 30.1 Å². The van der Waals surface area contributed by atoms with E-state index in [-0.39, 0.29) is 11.6 Å². The lowest BCUT2D eigenvalue weighted by Crippen LogP contribution is -2.49. The Hall–Kier alpha value is -3.22. The second kappa shape index (κ2) is 8.49. The van der Waals surface area contributed by atoms with Crippen LogP contribution in [0.4, 0.5) is 10.5 Å². The molecule has 2 aromatic rings. The number of aliphatic imine (C=N–C) groups is 1. The van der Waals surface area contributed by atoms with E-state index in [9.17, 15) is 4.79 Å². The van der Waals surface area contributed by atoms with Crippen molar-refractivity contribution in [2.24, 2.45) is 4.99 Å². The molecule has 0 aliphatic carbocycles. The van der Waals surface area contributed by atoms with E-state index in [1.54, 1.807) is 7.11 Å². The molecule has 4 rings (SSSR count). The molecule has 7 nitrogen and oxygen atoms in total. The first kappa shape index (κ1) is 21.0. The molecule has 2 aliphatic rings. The van der Waals surface area contributed by atoms with Gasteiger partial charge in [0.05, 0.1) is 12.7 Å². The maximum Gasteiger partial charge on any atom is 0.317 e. The van der Waals surface area contributed by atoms with E-state index in [1.165, 1.54) is 0 Å². The Bertz CT molecular complexity index is 997. The summed E-state index contributed by atoms with van der Waals surface area (Å²) in [6.07, 6.45) is 0.860. The minimum atomic E-state index is -0.259. The van der Waals surface area contributed by atoms with Crippen LogP contribution in [0.3, 0.4) is 0 Å². The number of amides is 2. The van der Waals surface area contributed by atoms with Crippen LogP contribution in [0, 0.1) is 0 Å². The summed E-state index contributed by atoms with van der Waals surface area (Å²) < 4.78 is 11.8. The Morgan fingerprint density at radius 1 is 1.06 bits per heavy atom. The van der Waals surface area contributed by atoms with Crippen LogP contribution in [0.25, 0.3) is 0 Å². The van der Waals surface area contributed by atoms with Crippen LogP contribution in [-0.4, -0.2) is 60.5 Å². The number of para-hydroxylation sites is 3. The monoisotopic (exact) mass is 422 g/mol. The molecule has 1 N–H and O–H groups in total. The van der Waals surface area contributed by atoms with Gasteiger partial charge in [-0.2, -0.15) is 0 Å². The normalized spacial score (nSPS) is 16.2. The molecule has 31 heavy (non-hydrogen) atoms. The Balaban J connectivity index is 1.65. The number of nitrogens with one attached hydrogen (secondary N) is 1. The molecule has 1 fully saturated rings. The molecule has 1 saturated heterocycles. The molecule has 2 heterocycles. The third-order valence-corrected chi connectivity index (χ3v) is 5.31. The molecule has 7 heteroatoms. The number of urea groups is 1. The van der Waals surface area contributed by atoms with Gasteiger partial charge in [-0.1, -0.05) is 18.2 Å². The van der Waals surface area contributed by atoms with E-state index in [4.69, 9.17) is 14.5 Å². The maximum atomic E-state index is 12.7. The summed E-state index contributed by atoms with van der Waals surface area (Å²) in [5, 5.41) is 3.07. The zero-order chi connectivity index (χ0) is 22.0. The number of benzene rings is 2. The second-order valence-electron chi connectivity index (χ2n) is 8.85. The molecular formula is C24H30N4O3. The highest BCUT2D eigenvalue weighted by molar-refractivity contribution is 6.04. The van der Waals surface area contributed by atoms with E-state index >= 15 is 0 Å². The lowest BCUT2D eigenvalue weighted by molar-refractivity contribution is 0.191. The third kappa shape index (κ3) is 4.60. The summed E-state index contributed by atoms with van der Waals surface area (Å²) in [4.78, 5) is 21.8. The quantitative estimate of drug-likeness (QED) is 0.740. The highest BCUT2D eigenvalue weighted by Crippen LogP contribution is 2.42. The number of hydrogen-bond acceptors (Lipinski definition) is 5. The summed E-state index contributed by atoms with van der Waals surface area (Å²) in [5.74, 6) is 2.88. The van der Waals surface area contributed by atoms with Crippen LogP contribution in [0.2, 0.25) is 0 Å². The molecule has 0 bridgehead atoms. The standard InChI is InChI=1S/C24H30N4O3/c1-24(2,3)26-23(29)28-14-8-13-27(15-16-28)22-17-9-7-12-20(30-4)21(17)31-19-11-6-5-10-18(19)25-22/h5-7,9-12H,8,13-16H2,1-4H3,(H,26,29). The van der Waals surface area contributed by atoms with Gasteiger partial charge in [0.2, 0.25) is 0 Å². The Morgan fingerprint density at radius 2 is 1.87 bits per heavy atom. The molecular weight excluding hydrogens is 392 g/mol. The molecule has 0 spiro atoms. The van der Waals surface area contributed by atoms with Crippen molar-refractivity contribution in [3.05, 3.63) is 48.0 Å². The van der Waals surface area contributed by atoms with Crippen LogP contribution in [-0.2, 0) is 0 Å². The van der Waals surface area contributed by atoms with Gasteiger partial charge in [-0.3, -0.25) is 0 Å². The number of ether oxygens (including phenoxy) is 2. The minimum absolute atomic E-state index is 0.0205. The maximum absolute atomic E-state index is 12.7. The van der Waals surface area contributed by atoms with Gasteiger partial charge in [0.25, 0.3) is 0 Å². The van der Waals surface area contributed by atoms with Gasteiger partial charge < -0.3 is 24.6 Å². The number of amidine groups is 1. The van der Waals surface area contributed by atoms with Crippen molar-refractivity contribution in [2.75, 3.05) is 33.3 Å². The smallest absolute Gasteiger partial charge is 0.317 e. The van der Waals surface area contributed by atoms with E-state index in [1.807, 2.05) is 68.1 Å². The average molecular weight is 423 g/mol. The fourth-order valence-electron chi connectivity index (χ4n) is 3.85. The molecule has 2 aliphatic heterocycles. The summed E-state index contributed by atoms with van der Waals surface area (Å²) in [6, 6.07) is 13.6. The zero-order valence-corrected chi connectivity index (χ0v) is 18.6. The molecule has 0 unspecified atom stereocenters. The Kier molecular flexibility index (Phi) is 5.76. The van der Waals surface area contributed by atoms with E-state index in [0.29, 0.717) is 36.9 Å². The molecule has 2 amide bonds. The highest BCUT2D eigenvalue weighted by Gasteiger charge is 2.28. The van der Waals surface area contributed by atoms with Crippen LogP contribution < -0.4 is 14.8 Å². The minimum Gasteiger partial charge on any atom is -0.493 e. The number of carbonyl (C=O) groups is 1. The van der Waals surface area contributed by atoms with Gasteiger partial charge in [-0.05, 0) is 51.5 Å². The molecule has 0 aromatic heterocycles. The summed E-state index contributed by atoms with van der Waals surface area (Å²) >= 11 is 0. The van der Waals surface area contributed by atoms with Crippen LogP contribution in [0.15, 0.2) is 47.5 Å². The third-order valence-electron chi connectivity index (χ3n) is 5.31. The van der Waals surface area contributed by atoms with Gasteiger partial charge in [-0.25, -0.2) is 9.79 Å². The van der Waals surface area contributed by atoms with E-state index in [2.05, 4.69) is 10.2 Å². The first-order valence-corrected chi connectivity index (χ1v) is 10.7. The SMILES string of the molecule is COc1cccc2c1Oc1ccccc1N=C2N1CCCN(C(=O)NC(C)(C)C)CC1. The van der Waals surface area contributed by atoms with Crippen molar-refractivity contribution in [1.29, 1.82) is 0 Å². The largest absolute Gasteiger partial charge is 0.493 e. The predicted octanol–water partition coefficient (Wildman–Crippen LogP) is 4.40. The number of nitrogens with zero attached hydrogens (tertiary/aromatic N) is 3. The first-order valence-electron chi connectivity index (χ1n) is 10.7. The van der Waals surface area contributed by atoms with Crippen molar-refractivity contribution >= 4 is 17.6 Å². The van der Waals surface area contributed by atoms with Crippen molar-refractivity contribution in [3.8, 4) is 17.2 Å². The van der Waals surface area contributed by atoms with Crippen LogP contribution in [0.1, 0.15) is 32.8 Å². The Morgan fingerprint density at radius 3 is 2.65 bits per heavy atom. The zero-order valence-electron chi connectivity index (χ0n) is 18.6. The number of rotatable bonds is 1. The van der Waals surface area contributed by atoms with E-state index < -0.39 is 0 Å². The van der Waals surface area contributed by atoms with Crippen molar-refractivity contribution in [1.82, 2.24) is 15.1 Å². The number of fused-ring (bicyclic) bond motifs is 2. The predicted molar refractivity (Wildman–Crippen MR) is 122 cm³/mol. The summed E-state index contributed by atoms with van der Waals surface area (Å²) in [5.41, 5.74) is 1.41. The fraction of sp³-hybridized carbons (Fsp3) is 0.417. The fourth-order valence-corrected chi connectivity index (χ4v) is 3.85. The van der Waals surface area contributed by atoms with Gasteiger partial charge in [0.1, 0.15) is 11.5 Å². The lowest BCUT2D eigenvalue weighted by atomic mass is 10.1.